The van der Waals surface area contributed by atoms with E-state index in [0.29, 0.717) is 25.9 Å². The van der Waals surface area contributed by atoms with Crippen molar-refractivity contribution in [2.75, 3.05) is 13.1 Å². The number of carbonyl (C=O) groups is 1. The third kappa shape index (κ3) is 5.67. The van der Waals surface area contributed by atoms with Gasteiger partial charge in [0.2, 0.25) is 15.9 Å². The minimum atomic E-state index is -3.37. The molecule has 1 N–H and O–H groups in total. The fraction of sp³-hybridized carbons (Fsp3) is 0.435. The third-order valence-corrected chi connectivity index (χ3v) is 7.44. The zero-order valence-electron chi connectivity index (χ0n) is 17.4. The van der Waals surface area contributed by atoms with Gasteiger partial charge in [0.05, 0.1) is 11.8 Å². The Balaban J connectivity index is 1.54. The molecule has 0 bridgehead atoms. The van der Waals surface area contributed by atoms with Crippen molar-refractivity contribution in [2.24, 2.45) is 5.92 Å². The number of carbonyl (C=O) groups excluding carboxylic acids is 1. The lowest BCUT2D eigenvalue weighted by Crippen LogP contribution is -2.43. The molecule has 1 heterocycles. The first-order valence-electron chi connectivity index (χ1n) is 10.1. The number of piperidine rings is 1. The van der Waals surface area contributed by atoms with Crippen molar-refractivity contribution in [3.8, 4) is 0 Å². The summed E-state index contributed by atoms with van der Waals surface area (Å²) >= 11 is 0. The van der Waals surface area contributed by atoms with E-state index in [1.54, 1.807) is 0 Å². The Bertz CT molecular complexity index is 946. The average Bonchev–Trinajstić information content (AvgIpc) is 2.68. The van der Waals surface area contributed by atoms with Gasteiger partial charge in [0.25, 0.3) is 0 Å². The number of nitrogens with one attached hydrogen (secondary N) is 1. The summed E-state index contributed by atoms with van der Waals surface area (Å²) in [7, 11) is -3.37. The summed E-state index contributed by atoms with van der Waals surface area (Å²) in [5.41, 5.74) is 4.11. The van der Waals surface area contributed by atoms with Crippen LogP contribution in [0.3, 0.4) is 0 Å². The van der Waals surface area contributed by atoms with Crippen LogP contribution in [0.25, 0.3) is 0 Å². The second-order valence-electron chi connectivity index (χ2n) is 8.06. The molecule has 1 aliphatic rings. The molecular formula is C23H30N2O3S. The molecule has 1 saturated heterocycles. The molecule has 5 nitrogen and oxygen atoms in total. The number of benzene rings is 2. The van der Waals surface area contributed by atoms with E-state index in [2.05, 4.69) is 5.32 Å². The number of nitrogens with zero attached hydrogens (tertiary/aromatic N) is 1. The minimum absolute atomic E-state index is 0.00815. The molecule has 6 heteroatoms. The van der Waals surface area contributed by atoms with E-state index in [9.17, 15) is 13.2 Å². The van der Waals surface area contributed by atoms with Gasteiger partial charge in [0.15, 0.2) is 0 Å². The molecule has 1 fully saturated rings. The Hall–Kier alpha value is -2.18. The van der Waals surface area contributed by atoms with Gasteiger partial charge in [-0.1, -0.05) is 59.7 Å². The molecule has 0 aromatic heterocycles. The van der Waals surface area contributed by atoms with Crippen molar-refractivity contribution in [1.29, 1.82) is 0 Å². The fourth-order valence-electron chi connectivity index (χ4n) is 3.77. The summed E-state index contributed by atoms with van der Waals surface area (Å²) < 4.78 is 27.0. The first kappa shape index (κ1) is 21.5. The lowest BCUT2D eigenvalue weighted by atomic mass is 9.96. The molecule has 0 radical (unpaired) electrons. The lowest BCUT2D eigenvalue weighted by Gasteiger charge is -2.31. The van der Waals surface area contributed by atoms with E-state index < -0.39 is 10.0 Å². The zero-order chi connectivity index (χ0) is 21.0. The highest BCUT2D eigenvalue weighted by atomic mass is 32.2. The van der Waals surface area contributed by atoms with Crippen molar-refractivity contribution in [3.63, 3.8) is 0 Å². The van der Waals surface area contributed by atoms with Crippen LogP contribution in [-0.4, -0.2) is 31.7 Å². The normalized spacial score (nSPS) is 17.1. The number of hydrogen-bond donors (Lipinski definition) is 1. The summed E-state index contributed by atoms with van der Waals surface area (Å²) in [4.78, 5) is 12.7. The minimum Gasteiger partial charge on any atom is -0.349 e. The van der Waals surface area contributed by atoms with E-state index in [1.807, 2.05) is 69.3 Å². The predicted octanol–water partition coefficient (Wildman–Crippen LogP) is 3.72. The topological polar surface area (TPSA) is 66.5 Å². The van der Waals surface area contributed by atoms with Gasteiger partial charge in [-0.2, -0.15) is 0 Å². The van der Waals surface area contributed by atoms with Crippen LogP contribution in [-0.2, 0) is 20.6 Å². The molecule has 2 aromatic carbocycles. The number of hydrogen-bond acceptors (Lipinski definition) is 3. The Labute approximate surface area is 174 Å². The molecule has 1 aliphatic heterocycles. The quantitative estimate of drug-likeness (QED) is 0.783. The second-order valence-corrected chi connectivity index (χ2v) is 10.0. The van der Waals surface area contributed by atoms with Gasteiger partial charge in [-0.3, -0.25) is 4.79 Å². The first-order valence-corrected chi connectivity index (χ1v) is 11.8. The van der Waals surface area contributed by atoms with E-state index in [-0.39, 0.29) is 23.6 Å². The standard InChI is InChI=1S/C23H30N2O3S/c1-17-7-9-21(10-8-17)19(3)24-23(26)22-11-13-25(14-12-22)29(27,28)16-20-6-4-5-18(2)15-20/h4-10,15,19,22H,11-14,16H2,1-3H3,(H,24,26)/t19-/m1/s1. The Morgan fingerprint density at radius 3 is 2.34 bits per heavy atom. The van der Waals surface area contributed by atoms with Crippen LogP contribution in [0, 0.1) is 19.8 Å². The smallest absolute Gasteiger partial charge is 0.223 e. The highest BCUT2D eigenvalue weighted by Crippen LogP contribution is 2.23. The van der Waals surface area contributed by atoms with E-state index in [0.717, 1.165) is 16.7 Å². The molecule has 0 saturated carbocycles. The van der Waals surface area contributed by atoms with Crippen LogP contribution >= 0.6 is 0 Å². The number of amides is 1. The van der Waals surface area contributed by atoms with Crippen LogP contribution in [0.4, 0.5) is 0 Å². The van der Waals surface area contributed by atoms with Crippen molar-refractivity contribution in [1.82, 2.24) is 9.62 Å². The van der Waals surface area contributed by atoms with Crippen molar-refractivity contribution in [3.05, 3.63) is 70.8 Å². The number of aryl methyl sites for hydroxylation is 2. The Morgan fingerprint density at radius 2 is 1.72 bits per heavy atom. The van der Waals surface area contributed by atoms with Crippen molar-refractivity contribution >= 4 is 15.9 Å². The van der Waals surface area contributed by atoms with Crippen molar-refractivity contribution in [2.45, 2.75) is 45.4 Å². The van der Waals surface area contributed by atoms with Gasteiger partial charge < -0.3 is 5.32 Å². The molecule has 29 heavy (non-hydrogen) atoms. The molecule has 0 unspecified atom stereocenters. The highest BCUT2D eigenvalue weighted by molar-refractivity contribution is 7.88. The van der Waals surface area contributed by atoms with E-state index in [1.165, 1.54) is 9.87 Å². The van der Waals surface area contributed by atoms with Gasteiger partial charge in [0.1, 0.15) is 0 Å². The van der Waals surface area contributed by atoms with Crippen LogP contribution in [0.15, 0.2) is 48.5 Å². The summed E-state index contributed by atoms with van der Waals surface area (Å²) in [6, 6.07) is 15.7. The summed E-state index contributed by atoms with van der Waals surface area (Å²) in [6.45, 7) is 6.76. The maximum absolute atomic E-state index is 12.8. The SMILES string of the molecule is Cc1ccc([C@@H](C)NC(=O)C2CCN(S(=O)(=O)Cc3cccc(C)c3)CC2)cc1. The van der Waals surface area contributed by atoms with Gasteiger partial charge in [-0.15, -0.1) is 0 Å². The monoisotopic (exact) mass is 414 g/mol. The van der Waals surface area contributed by atoms with Gasteiger partial charge in [-0.25, -0.2) is 12.7 Å². The van der Waals surface area contributed by atoms with E-state index in [4.69, 9.17) is 0 Å². The molecule has 0 aliphatic carbocycles. The molecule has 2 aromatic rings. The van der Waals surface area contributed by atoms with Crippen LogP contribution < -0.4 is 5.32 Å². The average molecular weight is 415 g/mol. The van der Waals surface area contributed by atoms with Gasteiger partial charge in [0, 0.05) is 19.0 Å². The fourth-order valence-corrected chi connectivity index (χ4v) is 5.32. The van der Waals surface area contributed by atoms with E-state index >= 15 is 0 Å². The maximum atomic E-state index is 12.8. The molecule has 3 rings (SSSR count). The predicted molar refractivity (Wildman–Crippen MR) is 116 cm³/mol. The van der Waals surface area contributed by atoms with Crippen molar-refractivity contribution < 1.29 is 13.2 Å². The maximum Gasteiger partial charge on any atom is 0.223 e. The number of sulfonamides is 1. The lowest BCUT2D eigenvalue weighted by molar-refractivity contribution is -0.126. The summed E-state index contributed by atoms with van der Waals surface area (Å²) in [5, 5.41) is 3.08. The van der Waals surface area contributed by atoms with Gasteiger partial charge >= 0.3 is 0 Å². The van der Waals surface area contributed by atoms with Crippen LogP contribution in [0.2, 0.25) is 0 Å². The molecular weight excluding hydrogens is 384 g/mol. The molecule has 1 amide bonds. The largest absolute Gasteiger partial charge is 0.349 e. The van der Waals surface area contributed by atoms with Crippen LogP contribution in [0.1, 0.15) is 48.1 Å². The second kappa shape index (κ2) is 9.09. The Kier molecular flexibility index (Phi) is 6.75. The van der Waals surface area contributed by atoms with Crippen LogP contribution in [0.5, 0.6) is 0 Å². The molecule has 1 atom stereocenters. The third-order valence-electron chi connectivity index (χ3n) is 5.59. The first-order chi connectivity index (χ1) is 13.7. The highest BCUT2D eigenvalue weighted by Gasteiger charge is 2.31. The van der Waals surface area contributed by atoms with Gasteiger partial charge in [-0.05, 0) is 44.7 Å². The summed E-state index contributed by atoms with van der Waals surface area (Å²) in [5.74, 6) is -0.127. The molecule has 156 valence electrons. The Morgan fingerprint density at radius 1 is 1.07 bits per heavy atom. The summed E-state index contributed by atoms with van der Waals surface area (Å²) in [6.07, 6.45) is 1.11. The zero-order valence-corrected chi connectivity index (χ0v) is 18.2. The number of rotatable bonds is 6. The molecule has 0 spiro atoms.